The van der Waals surface area contributed by atoms with Crippen LogP contribution in [0.4, 0.5) is 0 Å². The number of halogens is 2. The molecule has 4 heteroatoms. The number of rotatable bonds is 7. The zero-order chi connectivity index (χ0) is 18.4. The maximum absolute atomic E-state index is 12.2. The van der Waals surface area contributed by atoms with Gasteiger partial charge in [-0.15, -0.1) is 0 Å². The van der Waals surface area contributed by atoms with E-state index in [9.17, 15) is 4.79 Å². The molecule has 0 fully saturated rings. The summed E-state index contributed by atoms with van der Waals surface area (Å²) in [6, 6.07) is 16.0. The second-order valence-electron chi connectivity index (χ2n) is 7.17. The Kier molecular flexibility index (Phi) is 6.92. The Morgan fingerprint density at radius 3 is 2.40 bits per heavy atom. The van der Waals surface area contributed by atoms with Crippen LogP contribution in [0.15, 0.2) is 48.5 Å². The minimum atomic E-state index is 0.0116. The molecule has 25 heavy (non-hydrogen) atoms. The van der Waals surface area contributed by atoms with Crippen molar-refractivity contribution in [2.45, 2.75) is 51.5 Å². The fourth-order valence-corrected chi connectivity index (χ4v) is 3.44. The second kappa shape index (κ2) is 8.73. The Morgan fingerprint density at radius 1 is 1.08 bits per heavy atom. The van der Waals surface area contributed by atoms with Crippen molar-refractivity contribution >= 4 is 29.1 Å². The Bertz CT molecular complexity index is 713. The van der Waals surface area contributed by atoms with Gasteiger partial charge in [0, 0.05) is 12.5 Å². The highest BCUT2D eigenvalue weighted by molar-refractivity contribution is 6.42. The SMILES string of the molecule is C[C@@H](CC(C)(C)c1ccccc1)NC(=O)CCc1ccc(Cl)c(Cl)c1. The van der Waals surface area contributed by atoms with Crippen molar-refractivity contribution in [3.63, 3.8) is 0 Å². The molecule has 0 saturated carbocycles. The first-order valence-electron chi connectivity index (χ1n) is 8.57. The molecule has 0 radical (unpaired) electrons. The Hall–Kier alpha value is -1.51. The Morgan fingerprint density at radius 2 is 1.76 bits per heavy atom. The van der Waals surface area contributed by atoms with Gasteiger partial charge in [-0.3, -0.25) is 4.79 Å². The van der Waals surface area contributed by atoms with Gasteiger partial charge in [-0.25, -0.2) is 0 Å². The van der Waals surface area contributed by atoms with Crippen molar-refractivity contribution < 1.29 is 4.79 Å². The quantitative estimate of drug-likeness (QED) is 0.648. The highest BCUT2D eigenvalue weighted by Gasteiger charge is 2.23. The van der Waals surface area contributed by atoms with Crippen LogP contribution in [-0.4, -0.2) is 11.9 Å². The first kappa shape index (κ1) is 19.8. The summed E-state index contributed by atoms with van der Waals surface area (Å²) in [6.45, 7) is 6.48. The average molecular weight is 378 g/mol. The fraction of sp³-hybridized carbons (Fsp3) is 0.381. The molecule has 2 aromatic rings. The molecule has 0 unspecified atom stereocenters. The molecule has 0 saturated heterocycles. The van der Waals surface area contributed by atoms with Crippen LogP contribution in [0.2, 0.25) is 10.0 Å². The molecular formula is C21H25Cl2NO. The predicted octanol–water partition coefficient (Wildman–Crippen LogP) is 5.80. The van der Waals surface area contributed by atoms with Gasteiger partial charge in [0.25, 0.3) is 0 Å². The van der Waals surface area contributed by atoms with E-state index in [-0.39, 0.29) is 17.4 Å². The van der Waals surface area contributed by atoms with Crippen molar-refractivity contribution in [1.29, 1.82) is 0 Å². The van der Waals surface area contributed by atoms with Crippen LogP contribution in [0, 0.1) is 0 Å². The molecule has 0 aliphatic heterocycles. The number of nitrogens with one attached hydrogen (secondary N) is 1. The monoisotopic (exact) mass is 377 g/mol. The van der Waals surface area contributed by atoms with Crippen LogP contribution < -0.4 is 5.32 Å². The number of carbonyl (C=O) groups excluding carboxylic acids is 1. The van der Waals surface area contributed by atoms with Gasteiger partial charge in [0.15, 0.2) is 0 Å². The minimum absolute atomic E-state index is 0.0116. The van der Waals surface area contributed by atoms with Gasteiger partial charge in [-0.1, -0.05) is 73.4 Å². The lowest BCUT2D eigenvalue weighted by atomic mass is 9.79. The number of hydrogen-bond donors (Lipinski definition) is 1. The average Bonchev–Trinajstić information content (AvgIpc) is 2.56. The molecule has 1 atom stereocenters. The minimum Gasteiger partial charge on any atom is -0.354 e. The van der Waals surface area contributed by atoms with E-state index in [0.29, 0.717) is 22.9 Å². The molecule has 2 nitrogen and oxygen atoms in total. The van der Waals surface area contributed by atoms with E-state index >= 15 is 0 Å². The molecule has 0 heterocycles. The first-order chi connectivity index (χ1) is 11.8. The summed E-state index contributed by atoms with van der Waals surface area (Å²) in [4.78, 5) is 12.2. The fourth-order valence-electron chi connectivity index (χ4n) is 3.12. The van der Waals surface area contributed by atoms with E-state index < -0.39 is 0 Å². The summed E-state index contributed by atoms with van der Waals surface area (Å²) < 4.78 is 0. The van der Waals surface area contributed by atoms with Crippen molar-refractivity contribution in [2.24, 2.45) is 0 Å². The molecule has 0 bridgehead atoms. The van der Waals surface area contributed by atoms with Gasteiger partial charge >= 0.3 is 0 Å². The van der Waals surface area contributed by atoms with Gasteiger partial charge in [0.2, 0.25) is 5.91 Å². The molecule has 0 aromatic heterocycles. The molecule has 134 valence electrons. The maximum Gasteiger partial charge on any atom is 0.220 e. The van der Waals surface area contributed by atoms with Gasteiger partial charge < -0.3 is 5.32 Å². The zero-order valence-electron chi connectivity index (χ0n) is 15.0. The lowest BCUT2D eigenvalue weighted by Gasteiger charge is -2.29. The number of aryl methyl sites for hydroxylation is 1. The Labute approximate surface area is 160 Å². The van der Waals surface area contributed by atoms with Crippen LogP contribution >= 0.6 is 23.2 Å². The lowest BCUT2D eigenvalue weighted by molar-refractivity contribution is -0.121. The van der Waals surface area contributed by atoms with Crippen LogP contribution in [0.25, 0.3) is 0 Å². The topological polar surface area (TPSA) is 29.1 Å². The number of hydrogen-bond acceptors (Lipinski definition) is 1. The van der Waals surface area contributed by atoms with Crippen LogP contribution in [0.5, 0.6) is 0 Å². The van der Waals surface area contributed by atoms with Crippen molar-refractivity contribution in [3.05, 3.63) is 69.7 Å². The third kappa shape index (κ3) is 6.05. The molecule has 0 aliphatic rings. The van der Waals surface area contributed by atoms with Crippen LogP contribution in [0.3, 0.4) is 0 Å². The molecule has 0 aliphatic carbocycles. The van der Waals surface area contributed by atoms with Crippen LogP contribution in [0.1, 0.15) is 44.7 Å². The van der Waals surface area contributed by atoms with E-state index in [1.54, 1.807) is 6.07 Å². The first-order valence-corrected chi connectivity index (χ1v) is 9.32. The van der Waals surface area contributed by atoms with E-state index in [4.69, 9.17) is 23.2 Å². The van der Waals surface area contributed by atoms with E-state index in [0.717, 1.165) is 12.0 Å². The van der Waals surface area contributed by atoms with Crippen LogP contribution in [-0.2, 0) is 16.6 Å². The summed E-state index contributed by atoms with van der Waals surface area (Å²) in [5, 5.41) is 4.16. The van der Waals surface area contributed by atoms with Crippen molar-refractivity contribution in [2.75, 3.05) is 0 Å². The summed E-state index contributed by atoms with van der Waals surface area (Å²) >= 11 is 11.9. The van der Waals surface area contributed by atoms with E-state index in [1.165, 1.54) is 5.56 Å². The third-order valence-electron chi connectivity index (χ3n) is 4.40. The smallest absolute Gasteiger partial charge is 0.220 e. The normalized spacial score (nSPS) is 12.7. The van der Waals surface area contributed by atoms with E-state index in [1.807, 2.05) is 18.2 Å². The third-order valence-corrected chi connectivity index (χ3v) is 5.14. The van der Waals surface area contributed by atoms with Gasteiger partial charge in [0.1, 0.15) is 0 Å². The zero-order valence-corrected chi connectivity index (χ0v) is 16.5. The molecule has 1 amide bonds. The summed E-state index contributed by atoms with van der Waals surface area (Å²) in [7, 11) is 0. The summed E-state index contributed by atoms with van der Waals surface area (Å²) in [5.41, 5.74) is 2.31. The molecular weight excluding hydrogens is 353 g/mol. The highest BCUT2D eigenvalue weighted by Crippen LogP contribution is 2.28. The van der Waals surface area contributed by atoms with E-state index in [2.05, 4.69) is 50.4 Å². The standard InChI is InChI=1S/C21H25Cl2NO/c1-15(14-21(2,3)17-7-5-4-6-8-17)24-20(25)12-10-16-9-11-18(22)19(23)13-16/h4-9,11,13,15H,10,12,14H2,1-3H3,(H,24,25)/t15-/m0/s1. The number of amides is 1. The summed E-state index contributed by atoms with van der Waals surface area (Å²) in [5.74, 6) is 0.0578. The van der Waals surface area contributed by atoms with Crippen molar-refractivity contribution in [3.8, 4) is 0 Å². The van der Waals surface area contributed by atoms with Gasteiger partial charge in [-0.05, 0) is 48.4 Å². The number of benzene rings is 2. The largest absolute Gasteiger partial charge is 0.354 e. The molecule has 2 aromatic carbocycles. The predicted molar refractivity (Wildman–Crippen MR) is 106 cm³/mol. The highest BCUT2D eigenvalue weighted by atomic mass is 35.5. The molecule has 1 N–H and O–H groups in total. The lowest BCUT2D eigenvalue weighted by Crippen LogP contribution is -2.37. The number of carbonyl (C=O) groups is 1. The second-order valence-corrected chi connectivity index (χ2v) is 7.99. The molecule has 2 rings (SSSR count). The molecule has 0 spiro atoms. The van der Waals surface area contributed by atoms with Gasteiger partial charge in [0.05, 0.1) is 10.0 Å². The summed E-state index contributed by atoms with van der Waals surface area (Å²) in [6.07, 6.45) is 1.97. The maximum atomic E-state index is 12.2. The Balaban J connectivity index is 1.84. The van der Waals surface area contributed by atoms with Gasteiger partial charge in [-0.2, -0.15) is 0 Å². The van der Waals surface area contributed by atoms with Crippen molar-refractivity contribution in [1.82, 2.24) is 5.32 Å².